The lowest BCUT2D eigenvalue weighted by Crippen LogP contribution is -2.47. The molecule has 4 aromatic rings. The van der Waals surface area contributed by atoms with E-state index in [1.807, 2.05) is 41.0 Å². The molecule has 0 saturated carbocycles. The van der Waals surface area contributed by atoms with Crippen LogP contribution in [0.1, 0.15) is 39.2 Å². The second kappa shape index (κ2) is 11.2. The van der Waals surface area contributed by atoms with Gasteiger partial charge in [0.25, 0.3) is 5.91 Å². The minimum atomic E-state index is -0.424. The number of imidazole rings is 1. The van der Waals surface area contributed by atoms with Crippen LogP contribution in [0.3, 0.4) is 0 Å². The first-order valence-electron chi connectivity index (χ1n) is 14.0. The summed E-state index contributed by atoms with van der Waals surface area (Å²) in [6, 6.07) is 16.1. The Bertz CT molecular complexity index is 1610. The molecule has 2 aliphatic heterocycles. The molecule has 0 atom stereocenters. The zero-order valence-corrected chi connectivity index (χ0v) is 23.7. The number of aromatic nitrogens is 3. The quantitative estimate of drug-likeness (QED) is 0.320. The molecule has 0 radical (unpaired) electrons. The number of benzene rings is 2. The minimum Gasteiger partial charge on any atom is -0.485 e. The van der Waals surface area contributed by atoms with Crippen LogP contribution < -0.4 is 9.64 Å². The van der Waals surface area contributed by atoms with E-state index in [2.05, 4.69) is 31.9 Å². The molecule has 1 saturated heterocycles. The zero-order chi connectivity index (χ0) is 28.5. The fourth-order valence-electron chi connectivity index (χ4n) is 5.61. The number of esters is 1. The Morgan fingerprint density at radius 2 is 1.78 bits per heavy atom. The van der Waals surface area contributed by atoms with Gasteiger partial charge in [0.2, 0.25) is 0 Å². The topological polar surface area (TPSA) is 93.0 Å². The summed E-state index contributed by atoms with van der Waals surface area (Å²) >= 11 is 0. The Kier molecular flexibility index (Phi) is 7.32. The summed E-state index contributed by atoms with van der Waals surface area (Å²) in [4.78, 5) is 40.0. The highest BCUT2D eigenvalue weighted by atomic mass is 16.5. The Morgan fingerprint density at radius 3 is 2.56 bits per heavy atom. The molecule has 0 aliphatic carbocycles. The van der Waals surface area contributed by atoms with Crippen molar-refractivity contribution < 1.29 is 19.1 Å². The van der Waals surface area contributed by atoms with E-state index >= 15 is 0 Å². The van der Waals surface area contributed by atoms with Gasteiger partial charge >= 0.3 is 5.97 Å². The maximum Gasteiger partial charge on any atom is 0.358 e. The first kappa shape index (κ1) is 26.8. The van der Waals surface area contributed by atoms with Gasteiger partial charge in [-0.25, -0.2) is 14.8 Å². The van der Waals surface area contributed by atoms with E-state index in [1.165, 1.54) is 0 Å². The number of carbonyl (C=O) groups excluding carboxylic acids is 2. The standard InChI is InChI=1S/C31H34N6O4/c1-4-40-31(39)28-27-19-41-29-21(7-5-10-26(29)37(27)20-32-28)13-14-35-15-17-36(18-16-35)25-9-6-8-23-22(25)11-12-24(33-23)30(38)34(2)3/h5-12,20H,4,13-19H2,1-3H3. The van der Waals surface area contributed by atoms with Crippen LogP contribution in [0.5, 0.6) is 5.75 Å². The summed E-state index contributed by atoms with van der Waals surface area (Å²) in [5, 5.41) is 1.06. The van der Waals surface area contributed by atoms with Gasteiger partial charge in [-0.15, -0.1) is 0 Å². The average Bonchev–Trinajstić information content (AvgIpc) is 3.44. The lowest BCUT2D eigenvalue weighted by molar-refractivity contribution is 0.0516. The zero-order valence-electron chi connectivity index (χ0n) is 23.7. The highest BCUT2D eigenvalue weighted by molar-refractivity contribution is 5.98. The highest BCUT2D eigenvalue weighted by Gasteiger charge is 2.27. The molecule has 2 aliphatic rings. The number of amides is 1. The summed E-state index contributed by atoms with van der Waals surface area (Å²) in [5.41, 5.74) is 5.52. The third kappa shape index (κ3) is 5.11. The number of hydrogen-bond acceptors (Lipinski definition) is 8. The van der Waals surface area contributed by atoms with Gasteiger partial charge in [-0.05, 0) is 49.2 Å². The SMILES string of the molecule is CCOC(=O)c1ncn2c1COc1c(CCN3CCN(c4cccc5nc(C(=O)N(C)C)ccc45)CC3)cccc1-2. The van der Waals surface area contributed by atoms with Crippen LogP contribution in [0.25, 0.3) is 16.6 Å². The summed E-state index contributed by atoms with van der Waals surface area (Å²) in [6.07, 6.45) is 2.54. The number of rotatable bonds is 7. The molecule has 6 rings (SSSR count). The average molecular weight is 555 g/mol. The van der Waals surface area contributed by atoms with Gasteiger partial charge in [0, 0.05) is 57.9 Å². The second-order valence-corrected chi connectivity index (χ2v) is 10.5. The van der Waals surface area contributed by atoms with Gasteiger partial charge in [0.05, 0.1) is 23.5 Å². The van der Waals surface area contributed by atoms with Crippen molar-refractivity contribution in [1.29, 1.82) is 0 Å². The molecular formula is C31H34N6O4. The van der Waals surface area contributed by atoms with Crippen LogP contribution in [0.15, 0.2) is 54.9 Å². The van der Waals surface area contributed by atoms with Crippen LogP contribution in [0.2, 0.25) is 0 Å². The van der Waals surface area contributed by atoms with E-state index in [0.717, 1.165) is 72.7 Å². The summed E-state index contributed by atoms with van der Waals surface area (Å²) in [5.74, 6) is 0.331. The lowest BCUT2D eigenvalue weighted by atomic mass is 10.1. The van der Waals surface area contributed by atoms with Crippen LogP contribution >= 0.6 is 0 Å². The van der Waals surface area contributed by atoms with Gasteiger partial charge in [-0.2, -0.15) is 0 Å². The van der Waals surface area contributed by atoms with Crippen LogP contribution in [0.4, 0.5) is 5.69 Å². The van der Waals surface area contributed by atoms with Gasteiger partial charge in [-0.1, -0.05) is 18.2 Å². The molecule has 0 spiro atoms. The number of ether oxygens (including phenoxy) is 2. The van der Waals surface area contributed by atoms with Crippen molar-refractivity contribution >= 4 is 28.5 Å². The predicted molar refractivity (Wildman–Crippen MR) is 156 cm³/mol. The number of hydrogen-bond donors (Lipinski definition) is 0. The van der Waals surface area contributed by atoms with Gasteiger partial charge < -0.3 is 19.3 Å². The maximum atomic E-state index is 12.4. The molecular weight excluding hydrogens is 520 g/mol. The molecule has 2 aromatic heterocycles. The molecule has 41 heavy (non-hydrogen) atoms. The first-order valence-corrected chi connectivity index (χ1v) is 14.0. The minimum absolute atomic E-state index is 0.0945. The molecule has 1 amide bonds. The third-order valence-electron chi connectivity index (χ3n) is 7.77. The van der Waals surface area contributed by atoms with E-state index < -0.39 is 5.97 Å². The van der Waals surface area contributed by atoms with Crippen molar-refractivity contribution in [2.24, 2.45) is 0 Å². The van der Waals surface area contributed by atoms with E-state index in [9.17, 15) is 9.59 Å². The van der Waals surface area contributed by atoms with Crippen molar-refractivity contribution in [3.63, 3.8) is 0 Å². The first-order chi connectivity index (χ1) is 19.9. The number of piperazine rings is 1. The van der Waals surface area contributed by atoms with Crippen LogP contribution in [-0.4, -0.2) is 89.6 Å². The van der Waals surface area contributed by atoms with Crippen molar-refractivity contribution in [3.8, 4) is 11.4 Å². The smallest absolute Gasteiger partial charge is 0.358 e. The predicted octanol–water partition coefficient (Wildman–Crippen LogP) is 3.56. The molecule has 1 fully saturated rings. The van der Waals surface area contributed by atoms with E-state index in [1.54, 1.807) is 32.2 Å². The summed E-state index contributed by atoms with van der Waals surface area (Å²) < 4.78 is 13.3. The van der Waals surface area contributed by atoms with Crippen molar-refractivity contribution in [2.75, 3.05) is 58.3 Å². The number of anilines is 1. The lowest BCUT2D eigenvalue weighted by Gasteiger charge is -2.36. The molecule has 0 unspecified atom stereocenters. The molecule has 212 valence electrons. The molecule has 10 heteroatoms. The van der Waals surface area contributed by atoms with Crippen molar-refractivity contribution in [1.82, 2.24) is 24.3 Å². The van der Waals surface area contributed by atoms with Gasteiger partial charge in [0.15, 0.2) is 5.69 Å². The van der Waals surface area contributed by atoms with E-state index in [0.29, 0.717) is 23.7 Å². The number of pyridine rings is 1. The van der Waals surface area contributed by atoms with Crippen molar-refractivity contribution in [2.45, 2.75) is 20.0 Å². The highest BCUT2D eigenvalue weighted by Crippen LogP contribution is 2.35. The number of nitrogens with zero attached hydrogens (tertiary/aromatic N) is 6. The van der Waals surface area contributed by atoms with Crippen LogP contribution in [-0.2, 0) is 17.8 Å². The normalized spacial score (nSPS) is 14.8. The van der Waals surface area contributed by atoms with Gasteiger partial charge in [-0.3, -0.25) is 14.3 Å². The molecule has 4 heterocycles. The fraction of sp³-hybridized carbons (Fsp3) is 0.355. The maximum absolute atomic E-state index is 12.4. The molecule has 0 N–H and O–H groups in total. The summed E-state index contributed by atoms with van der Waals surface area (Å²) in [6.45, 7) is 7.02. The number of carbonyl (C=O) groups is 2. The van der Waals surface area contributed by atoms with E-state index in [4.69, 9.17) is 9.47 Å². The monoisotopic (exact) mass is 554 g/mol. The third-order valence-corrected chi connectivity index (χ3v) is 7.77. The van der Waals surface area contributed by atoms with Crippen molar-refractivity contribution in [3.05, 3.63) is 77.5 Å². The summed E-state index contributed by atoms with van der Waals surface area (Å²) in [7, 11) is 3.48. The van der Waals surface area contributed by atoms with E-state index in [-0.39, 0.29) is 12.5 Å². The Hall–Kier alpha value is -4.44. The largest absolute Gasteiger partial charge is 0.485 e. The molecule has 2 aromatic carbocycles. The van der Waals surface area contributed by atoms with Crippen LogP contribution in [0, 0.1) is 0 Å². The molecule has 10 nitrogen and oxygen atoms in total. The fourth-order valence-corrected chi connectivity index (χ4v) is 5.61. The second-order valence-electron chi connectivity index (χ2n) is 10.5. The Morgan fingerprint density at radius 1 is 1.00 bits per heavy atom. The van der Waals surface area contributed by atoms with Gasteiger partial charge in [0.1, 0.15) is 24.4 Å². The molecule has 0 bridgehead atoms. The Balaban J connectivity index is 1.11. The number of fused-ring (bicyclic) bond motifs is 4. The number of para-hydroxylation sites is 1. The Labute approximate surface area is 239 Å².